The quantitative estimate of drug-likeness (QED) is 0.428. The van der Waals surface area contributed by atoms with Gasteiger partial charge in [0.2, 0.25) is 11.8 Å². The van der Waals surface area contributed by atoms with Gasteiger partial charge in [-0.1, -0.05) is 30.3 Å². The van der Waals surface area contributed by atoms with E-state index >= 15 is 0 Å². The minimum Gasteiger partial charge on any atom is -0.493 e. The Morgan fingerprint density at radius 1 is 1.14 bits per heavy atom. The highest BCUT2D eigenvalue weighted by molar-refractivity contribution is 7.73. The molecule has 1 amide bonds. The lowest BCUT2D eigenvalue weighted by atomic mass is 9.97. The van der Waals surface area contributed by atoms with Crippen LogP contribution in [0.15, 0.2) is 48.5 Å². The number of amides is 1. The van der Waals surface area contributed by atoms with Crippen molar-refractivity contribution in [2.75, 3.05) is 32.8 Å². The molecule has 0 saturated carbocycles. The van der Waals surface area contributed by atoms with Gasteiger partial charge in [0.25, 0.3) is 0 Å². The first-order chi connectivity index (χ1) is 16.8. The summed E-state index contributed by atoms with van der Waals surface area (Å²) in [5.41, 5.74) is 8.06. The number of primary amides is 1. The maximum Gasteiger partial charge on any atom is 0.219 e. The first-order valence-corrected chi connectivity index (χ1v) is 12.3. The predicted molar refractivity (Wildman–Crippen MR) is 135 cm³/mol. The van der Waals surface area contributed by atoms with E-state index < -0.39 is 17.5 Å². The summed E-state index contributed by atoms with van der Waals surface area (Å²) in [4.78, 5) is 14.1. The molecule has 6 nitrogen and oxygen atoms in total. The second kappa shape index (κ2) is 11.2. The van der Waals surface area contributed by atoms with Gasteiger partial charge >= 0.3 is 0 Å². The van der Waals surface area contributed by atoms with Crippen LogP contribution >= 0.6 is 23.6 Å². The highest BCUT2D eigenvalue weighted by Crippen LogP contribution is 2.37. The van der Waals surface area contributed by atoms with Crippen molar-refractivity contribution < 1.29 is 23.4 Å². The molecule has 0 spiro atoms. The van der Waals surface area contributed by atoms with Crippen molar-refractivity contribution >= 4 is 35.0 Å². The Bertz CT molecular complexity index is 1310. The molecule has 3 aromatic rings. The average Bonchev–Trinajstić information content (AvgIpc) is 3.13. The Labute approximate surface area is 210 Å². The highest BCUT2D eigenvalue weighted by atomic mass is 32.1. The smallest absolute Gasteiger partial charge is 0.219 e. The van der Waals surface area contributed by atoms with Gasteiger partial charge in [-0.05, 0) is 47.1 Å². The molecule has 0 aliphatic carbocycles. The topological polar surface area (TPSA) is 80.7 Å². The number of aromatic hydroxyl groups is 1. The summed E-state index contributed by atoms with van der Waals surface area (Å²) in [6, 6.07) is 11.2. The van der Waals surface area contributed by atoms with Crippen molar-refractivity contribution in [1.82, 2.24) is 9.47 Å². The Morgan fingerprint density at radius 2 is 1.89 bits per heavy atom. The summed E-state index contributed by atoms with van der Waals surface area (Å²) in [7, 11) is 0. The van der Waals surface area contributed by atoms with Crippen LogP contribution in [-0.4, -0.2) is 53.3 Å². The summed E-state index contributed by atoms with van der Waals surface area (Å²) in [5, 5.41) is 11.0. The predicted octanol–water partition coefficient (Wildman–Crippen LogP) is 4.57. The SMILES string of the molecule is NC(=O)CCn1c(O)c(C(=CCN2CCOCC2)c2cccc(-c3ccc(F)c(F)c3)c2)sc1=S. The van der Waals surface area contributed by atoms with Crippen molar-refractivity contribution in [2.24, 2.45) is 5.73 Å². The van der Waals surface area contributed by atoms with Crippen LogP contribution in [0.3, 0.4) is 0 Å². The number of nitrogens with two attached hydrogens (primary N) is 1. The maximum atomic E-state index is 13.9. The van der Waals surface area contributed by atoms with Crippen LogP contribution in [0.1, 0.15) is 16.9 Å². The van der Waals surface area contributed by atoms with Crippen LogP contribution in [0.2, 0.25) is 0 Å². The van der Waals surface area contributed by atoms with Crippen molar-refractivity contribution in [3.05, 3.63) is 74.6 Å². The molecule has 1 aliphatic heterocycles. The molecule has 1 fully saturated rings. The zero-order valence-corrected chi connectivity index (χ0v) is 20.5. The molecule has 2 aromatic carbocycles. The third kappa shape index (κ3) is 6.02. The number of hydrogen-bond donors (Lipinski definition) is 2. The first-order valence-electron chi connectivity index (χ1n) is 11.1. The van der Waals surface area contributed by atoms with E-state index in [2.05, 4.69) is 4.90 Å². The van der Waals surface area contributed by atoms with E-state index in [1.165, 1.54) is 22.0 Å². The van der Waals surface area contributed by atoms with E-state index in [-0.39, 0.29) is 18.8 Å². The highest BCUT2D eigenvalue weighted by Gasteiger charge is 2.19. The minimum absolute atomic E-state index is 0.0345. The lowest BCUT2D eigenvalue weighted by molar-refractivity contribution is -0.118. The standard InChI is InChI=1S/C25H25F2N3O3S2/c26-20-5-4-17(15-21(20)27)16-2-1-3-18(14-16)19(6-8-29-10-12-33-13-11-29)23-24(32)30(25(34)35-23)9-7-22(28)31/h1-6,14-15,32H,7-13H2,(H2,28,31). The van der Waals surface area contributed by atoms with Crippen LogP contribution in [-0.2, 0) is 16.1 Å². The molecule has 0 atom stereocenters. The third-order valence-electron chi connectivity index (χ3n) is 5.78. The van der Waals surface area contributed by atoms with Crippen molar-refractivity contribution in [3.8, 4) is 17.0 Å². The normalized spacial score (nSPS) is 14.9. The van der Waals surface area contributed by atoms with Crippen molar-refractivity contribution in [2.45, 2.75) is 13.0 Å². The Kier molecular flexibility index (Phi) is 8.07. The number of rotatable bonds is 8. The molecule has 0 bridgehead atoms. The monoisotopic (exact) mass is 517 g/mol. The number of carbonyl (C=O) groups excluding carboxylic acids is 1. The number of benzene rings is 2. The molecule has 1 saturated heterocycles. The summed E-state index contributed by atoms with van der Waals surface area (Å²) in [6.07, 6.45) is 2.07. The molecule has 2 heterocycles. The number of morpholine rings is 1. The number of hydrogen-bond acceptors (Lipinski definition) is 6. The number of ether oxygens (including phenoxy) is 1. The van der Waals surface area contributed by atoms with Gasteiger partial charge in [0, 0.05) is 38.2 Å². The zero-order chi connectivity index (χ0) is 24.9. The molecular weight excluding hydrogens is 492 g/mol. The van der Waals surface area contributed by atoms with Crippen LogP contribution < -0.4 is 5.73 Å². The van der Waals surface area contributed by atoms with Gasteiger partial charge in [-0.3, -0.25) is 14.3 Å². The number of halogens is 2. The van der Waals surface area contributed by atoms with Gasteiger partial charge in [-0.25, -0.2) is 8.78 Å². The second-order valence-electron chi connectivity index (χ2n) is 8.13. The van der Waals surface area contributed by atoms with Gasteiger partial charge in [0.1, 0.15) is 0 Å². The van der Waals surface area contributed by atoms with E-state index in [1.54, 1.807) is 0 Å². The van der Waals surface area contributed by atoms with Crippen LogP contribution in [0, 0.1) is 15.6 Å². The fraction of sp³-hybridized carbons (Fsp3) is 0.280. The first kappa shape index (κ1) is 25.2. The van der Waals surface area contributed by atoms with E-state index in [9.17, 15) is 18.7 Å². The van der Waals surface area contributed by atoms with Gasteiger partial charge < -0.3 is 15.6 Å². The molecule has 0 radical (unpaired) electrons. The Balaban J connectivity index is 1.76. The fourth-order valence-electron chi connectivity index (χ4n) is 3.88. The number of carbonyl (C=O) groups is 1. The van der Waals surface area contributed by atoms with Crippen molar-refractivity contribution in [1.29, 1.82) is 0 Å². The van der Waals surface area contributed by atoms with Gasteiger partial charge in [0.05, 0.1) is 18.1 Å². The van der Waals surface area contributed by atoms with Crippen molar-refractivity contribution in [3.63, 3.8) is 0 Å². The lowest BCUT2D eigenvalue weighted by Gasteiger charge is -2.25. The minimum atomic E-state index is -0.918. The fourth-order valence-corrected chi connectivity index (χ4v) is 5.28. The summed E-state index contributed by atoms with van der Waals surface area (Å²) in [5.74, 6) is -2.34. The molecule has 0 unspecified atom stereocenters. The number of aromatic nitrogens is 1. The van der Waals surface area contributed by atoms with Crippen LogP contribution in [0.25, 0.3) is 16.7 Å². The van der Waals surface area contributed by atoms with Crippen LogP contribution in [0.4, 0.5) is 8.78 Å². The van der Waals surface area contributed by atoms with E-state index in [0.29, 0.717) is 39.7 Å². The Morgan fingerprint density at radius 3 is 2.60 bits per heavy atom. The Hall–Kier alpha value is -2.92. The number of nitrogens with zero attached hydrogens (tertiary/aromatic N) is 2. The average molecular weight is 518 g/mol. The summed E-state index contributed by atoms with van der Waals surface area (Å²) in [6.45, 7) is 3.70. The molecule has 1 aliphatic rings. The van der Waals surface area contributed by atoms with Gasteiger partial charge in [-0.15, -0.1) is 11.3 Å². The molecule has 4 rings (SSSR count). The van der Waals surface area contributed by atoms with Gasteiger partial charge in [0.15, 0.2) is 15.6 Å². The molecule has 10 heteroatoms. The molecule has 1 aromatic heterocycles. The summed E-state index contributed by atoms with van der Waals surface area (Å²) < 4.78 is 34.7. The van der Waals surface area contributed by atoms with E-state index in [4.69, 9.17) is 22.7 Å². The lowest BCUT2D eigenvalue weighted by Crippen LogP contribution is -2.36. The molecule has 35 heavy (non-hydrogen) atoms. The molecule has 184 valence electrons. The second-order valence-corrected chi connectivity index (χ2v) is 9.77. The van der Waals surface area contributed by atoms with E-state index in [1.807, 2.05) is 30.3 Å². The van der Waals surface area contributed by atoms with Gasteiger partial charge in [-0.2, -0.15) is 0 Å². The third-order valence-corrected chi connectivity index (χ3v) is 7.25. The van der Waals surface area contributed by atoms with E-state index in [0.717, 1.165) is 36.4 Å². The van der Waals surface area contributed by atoms with Crippen LogP contribution in [0.5, 0.6) is 5.88 Å². The number of thiazole rings is 1. The molecular formula is C25H25F2N3O3S2. The zero-order valence-electron chi connectivity index (χ0n) is 18.9. The summed E-state index contributed by atoms with van der Waals surface area (Å²) >= 11 is 6.70. The molecule has 3 N–H and O–H groups in total. The largest absolute Gasteiger partial charge is 0.493 e. The maximum absolute atomic E-state index is 13.9.